The summed E-state index contributed by atoms with van der Waals surface area (Å²) in [6.45, 7) is 0. The van der Waals surface area contributed by atoms with Gasteiger partial charge < -0.3 is 9.47 Å². The molecule has 0 bridgehead atoms. The Bertz CT molecular complexity index is 2670. The molecule has 52 heavy (non-hydrogen) atoms. The zero-order valence-corrected chi connectivity index (χ0v) is 28.4. The summed E-state index contributed by atoms with van der Waals surface area (Å²) in [6, 6.07) is 71.5. The van der Waals surface area contributed by atoms with Gasteiger partial charge in [0.05, 0.1) is 34.0 Å². The Kier molecular flexibility index (Phi) is 7.14. The molecule has 3 heterocycles. The highest BCUT2D eigenvalue weighted by atomic mass is 15.2. The summed E-state index contributed by atoms with van der Waals surface area (Å²) < 4.78 is 2.44. The average molecular weight is 664 g/mol. The van der Waals surface area contributed by atoms with Crippen molar-refractivity contribution in [1.82, 2.24) is 9.55 Å². The Balaban J connectivity index is 1.21. The largest absolute Gasteiger partial charge is 0.309 e. The Hall–Kier alpha value is -6.97. The molecule has 0 aliphatic carbocycles. The highest BCUT2D eigenvalue weighted by Gasteiger charge is 2.31. The standard InChI is InChI=1S/C49H33N3/c1-4-17-34(18-5-1)43-32-37(33-44(50-43)35-19-6-2-7-20-35)36-21-16-24-39(31-36)51-45-28-13-10-25-40(45)48-41-26-11-14-29-46(41)52(38-22-8-3-9-23-38)49(48)42-27-12-15-30-47(42)51/h1-33H. The summed E-state index contributed by atoms with van der Waals surface area (Å²) in [7, 11) is 0. The lowest BCUT2D eigenvalue weighted by Crippen LogP contribution is -2.11. The van der Waals surface area contributed by atoms with Gasteiger partial charge in [-0.3, -0.25) is 0 Å². The lowest BCUT2D eigenvalue weighted by molar-refractivity contribution is 1.13. The van der Waals surface area contributed by atoms with E-state index in [0.717, 1.165) is 56.4 Å². The van der Waals surface area contributed by atoms with Gasteiger partial charge in [-0.15, -0.1) is 0 Å². The molecule has 0 N–H and O–H groups in total. The monoisotopic (exact) mass is 663 g/mol. The zero-order chi connectivity index (χ0) is 34.4. The maximum absolute atomic E-state index is 5.15. The SMILES string of the molecule is c1ccc(-c2cc(-c3cccc(N4c5ccccc5-c5c(n(-c6ccccc6)c6ccccc56)-c5ccccc54)c3)cc(-c3ccccc3)n2)cc1. The summed E-state index contributed by atoms with van der Waals surface area (Å²) in [6.07, 6.45) is 0. The second-order valence-corrected chi connectivity index (χ2v) is 13.2. The molecule has 9 aromatic rings. The molecule has 0 fully saturated rings. The number of benzene rings is 7. The van der Waals surface area contributed by atoms with E-state index in [9.17, 15) is 0 Å². The molecule has 3 nitrogen and oxygen atoms in total. The van der Waals surface area contributed by atoms with Crippen LogP contribution in [0.1, 0.15) is 0 Å². The summed E-state index contributed by atoms with van der Waals surface area (Å²) in [5.41, 5.74) is 16.9. The van der Waals surface area contributed by atoms with Gasteiger partial charge in [0.25, 0.3) is 0 Å². The minimum Gasteiger partial charge on any atom is -0.309 e. The molecule has 0 spiro atoms. The molecule has 0 unspecified atom stereocenters. The Labute approximate surface area is 303 Å². The molecule has 1 aliphatic heterocycles. The maximum Gasteiger partial charge on any atom is 0.0715 e. The van der Waals surface area contributed by atoms with Gasteiger partial charge in [0.15, 0.2) is 0 Å². The van der Waals surface area contributed by atoms with E-state index in [1.165, 1.54) is 33.3 Å². The van der Waals surface area contributed by atoms with Crippen molar-refractivity contribution in [3.63, 3.8) is 0 Å². The minimum atomic E-state index is 0.952. The van der Waals surface area contributed by atoms with Crippen molar-refractivity contribution in [2.75, 3.05) is 4.90 Å². The first-order valence-corrected chi connectivity index (χ1v) is 17.7. The van der Waals surface area contributed by atoms with Crippen LogP contribution < -0.4 is 4.90 Å². The fraction of sp³-hybridized carbons (Fsp3) is 0. The molecule has 0 saturated carbocycles. The number of rotatable bonds is 5. The number of nitrogens with zero attached hydrogens (tertiary/aromatic N) is 3. The quantitative estimate of drug-likeness (QED) is 0.183. The zero-order valence-electron chi connectivity index (χ0n) is 28.4. The van der Waals surface area contributed by atoms with Crippen molar-refractivity contribution in [2.45, 2.75) is 0 Å². The number of pyridine rings is 1. The van der Waals surface area contributed by atoms with E-state index in [2.05, 4.69) is 198 Å². The highest BCUT2D eigenvalue weighted by molar-refractivity contribution is 6.13. The lowest BCUT2D eigenvalue weighted by atomic mass is 9.98. The predicted molar refractivity (Wildman–Crippen MR) is 216 cm³/mol. The van der Waals surface area contributed by atoms with E-state index in [4.69, 9.17) is 4.98 Å². The summed E-state index contributed by atoms with van der Waals surface area (Å²) in [5, 5.41) is 1.23. The lowest BCUT2D eigenvalue weighted by Gasteiger charge is -2.28. The van der Waals surface area contributed by atoms with Crippen LogP contribution >= 0.6 is 0 Å². The van der Waals surface area contributed by atoms with Gasteiger partial charge in [-0.1, -0.05) is 146 Å². The van der Waals surface area contributed by atoms with Gasteiger partial charge in [-0.25, -0.2) is 4.98 Å². The first-order valence-electron chi connectivity index (χ1n) is 17.7. The normalized spacial score (nSPS) is 11.8. The van der Waals surface area contributed by atoms with E-state index in [0.29, 0.717) is 0 Å². The molecule has 2 aromatic heterocycles. The molecule has 0 saturated heterocycles. The smallest absolute Gasteiger partial charge is 0.0715 e. The molecule has 7 aromatic carbocycles. The molecule has 3 heteroatoms. The van der Waals surface area contributed by atoms with Crippen LogP contribution in [-0.2, 0) is 0 Å². The number of fused-ring (bicyclic) bond motifs is 7. The molecule has 10 rings (SSSR count). The molecule has 0 atom stereocenters. The summed E-state index contributed by atoms with van der Waals surface area (Å²) in [5.74, 6) is 0. The van der Waals surface area contributed by atoms with E-state index >= 15 is 0 Å². The number of hydrogen-bond donors (Lipinski definition) is 0. The van der Waals surface area contributed by atoms with E-state index in [1.54, 1.807) is 0 Å². The Morgan fingerprint density at radius 1 is 0.365 bits per heavy atom. The van der Waals surface area contributed by atoms with Gasteiger partial charge in [0, 0.05) is 44.6 Å². The van der Waals surface area contributed by atoms with Gasteiger partial charge in [-0.05, 0) is 65.7 Å². The Morgan fingerprint density at radius 3 is 1.58 bits per heavy atom. The molecular weight excluding hydrogens is 631 g/mol. The second kappa shape index (κ2) is 12.4. The van der Waals surface area contributed by atoms with Crippen LogP contribution in [-0.4, -0.2) is 9.55 Å². The van der Waals surface area contributed by atoms with Gasteiger partial charge in [0.2, 0.25) is 0 Å². The molecule has 244 valence electrons. The van der Waals surface area contributed by atoms with Gasteiger partial charge in [0.1, 0.15) is 0 Å². The summed E-state index contributed by atoms with van der Waals surface area (Å²) >= 11 is 0. The van der Waals surface area contributed by atoms with Crippen LogP contribution in [0.4, 0.5) is 17.1 Å². The van der Waals surface area contributed by atoms with E-state index in [-0.39, 0.29) is 0 Å². The third-order valence-electron chi connectivity index (χ3n) is 10.1. The number of hydrogen-bond acceptors (Lipinski definition) is 2. The van der Waals surface area contributed by atoms with Crippen LogP contribution in [0.3, 0.4) is 0 Å². The first-order chi connectivity index (χ1) is 25.8. The van der Waals surface area contributed by atoms with Crippen LogP contribution in [0, 0.1) is 0 Å². The minimum absolute atomic E-state index is 0.952. The van der Waals surface area contributed by atoms with Crippen molar-refractivity contribution < 1.29 is 0 Å². The molecular formula is C49H33N3. The average Bonchev–Trinajstić information content (AvgIpc) is 3.51. The van der Waals surface area contributed by atoms with Crippen LogP contribution in [0.25, 0.3) is 72.6 Å². The van der Waals surface area contributed by atoms with Crippen LogP contribution in [0.15, 0.2) is 200 Å². The predicted octanol–water partition coefficient (Wildman–Crippen LogP) is 13.1. The van der Waals surface area contributed by atoms with Gasteiger partial charge >= 0.3 is 0 Å². The van der Waals surface area contributed by atoms with Crippen molar-refractivity contribution in [1.29, 1.82) is 0 Å². The first kappa shape index (κ1) is 29.9. The van der Waals surface area contributed by atoms with Gasteiger partial charge in [-0.2, -0.15) is 0 Å². The van der Waals surface area contributed by atoms with Crippen molar-refractivity contribution in [2.24, 2.45) is 0 Å². The molecule has 1 aliphatic rings. The number of aromatic nitrogens is 2. The fourth-order valence-electron chi connectivity index (χ4n) is 7.81. The van der Waals surface area contributed by atoms with E-state index < -0.39 is 0 Å². The van der Waals surface area contributed by atoms with E-state index in [1.807, 2.05) is 12.1 Å². The van der Waals surface area contributed by atoms with Crippen LogP contribution in [0.5, 0.6) is 0 Å². The van der Waals surface area contributed by atoms with Crippen LogP contribution in [0.2, 0.25) is 0 Å². The second-order valence-electron chi connectivity index (χ2n) is 13.2. The highest BCUT2D eigenvalue weighted by Crippen LogP contribution is 2.54. The molecule has 0 amide bonds. The van der Waals surface area contributed by atoms with Crippen molar-refractivity contribution in [3.8, 4) is 61.7 Å². The fourth-order valence-corrected chi connectivity index (χ4v) is 7.81. The topological polar surface area (TPSA) is 21.1 Å². The molecule has 0 radical (unpaired) electrons. The number of anilines is 3. The maximum atomic E-state index is 5.15. The van der Waals surface area contributed by atoms with Crippen molar-refractivity contribution >= 4 is 28.0 Å². The third-order valence-corrected chi connectivity index (χ3v) is 10.1. The number of para-hydroxylation sites is 4. The van der Waals surface area contributed by atoms with Crippen molar-refractivity contribution in [3.05, 3.63) is 200 Å². The third kappa shape index (κ3) is 4.94. The Morgan fingerprint density at radius 2 is 0.885 bits per heavy atom. The summed E-state index contributed by atoms with van der Waals surface area (Å²) in [4.78, 5) is 7.59.